The normalized spacial score (nSPS) is 29.7. The summed E-state index contributed by atoms with van der Waals surface area (Å²) < 4.78 is 25.6. The van der Waals surface area contributed by atoms with Crippen LogP contribution in [0.2, 0.25) is 0 Å². The first-order valence-electron chi connectivity index (χ1n) is 6.08. The minimum absolute atomic E-state index is 0.0188. The minimum atomic E-state index is -3.30. The van der Waals surface area contributed by atoms with Crippen molar-refractivity contribution in [2.45, 2.75) is 50.7 Å². The van der Waals surface area contributed by atoms with Gasteiger partial charge >= 0.3 is 0 Å². The van der Waals surface area contributed by atoms with E-state index >= 15 is 0 Å². The van der Waals surface area contributed by atoms with E-state index in [1.165, 1.54) is 0 Å². The maximum atomic E-state index is 11.6. The lowest BCUT2D eigenvalue weighted by atomic mass is 10.0. The van der Waals surface area contributed by atoms with Crippen LogP contribution in [0.1, 0.15) is 39.0 Å². The molecular formula is C11H22NO4S. The molecule has 1 fully saturated rings. The van der Waals surface area contributed by atoms with Gasteiger partial charge in [-0.1, -0.05) is 19.8 Å². The molecule has 0 aromatic heterocycles. The Hall–Kier alpha value is -0.170. The summed E-state index contributed by atoms with van der Waals surface area (Å²) in [5, 5.41) is 19.3. The summed E-state index contributed by atoms with van der Waals surface area (Å²) in [4.78, 5) is 0. The van der Waals surface area contributed by atoms with Crippen molar-refractivity contribution in [3.8, 4) is 0 Å². The van der Waals surface area contributed by atoms with E-state index in [4.69, 9.17) is 0 Å². The second kappa shape index (κ2) is 6.13. The zero-order valence-corrected chi connectivity index (χ0v) is 11.0. The highest BCUT2D eigenvalue weighted by Gasteiger charge is 2.37. The van der Waals surface area contributed by atoms with Gasteiger partial charge in [0.05, 0.1) is 17.5 Å². The van der Waals surface area contributed by atoms with Crippen molar-refractivity contribution in [3.05, 3.63) is 6.42 Å². The van der Waals surface area contributed by atoms with Crippen LogP contribution in [0, 0.1) is 6.42 Å². The van der Waals surface area contributed by atoms with E-state index in [2.05, 4.69) is 4.72 Å². The Labute approximate surface area is 103 Å². The Bertz CT molecular complexity index is 330. The highest BCUT2D eigenvalue weighted by Crippen LogP contribution is 2.28. The predicted octanol–water partition coefficient (Wildman–Crippen LogP) is 0.186. The minimum Gasteiger partial charge on any atom is -0.393 e. The molecule has 3 N–H and O–H groups in total. The molecule has 2 atom stereocenters. The molecule has 0 bridgehead atoms. The maximum Gasteiger partial charge on any atom is 0.211 e. The molecule has 0 saturated heterocycles. The Morgan fingerprint density at radius 1 is 1.47 bits per heavy atom. The molecule has 1 saturated carbocycles. The van der Waals surface area contributed by atoms with Crippen LogP contribution >= 0.6 is 0 Å². The number of nitrogens with one attached hydrogen (secondary N) is 1. The summed E-state index contributed by atoms with van der Waals surface area (Å²) in [6, 6.07) is 0. The lowest BCUT2D eigenvalue weighted by Gasteiger charge is -2.22. The highest BCUT2D eigenvalue weighted by atomic mass is 32.2. The van der Waals surface area contributed by atoms with Gasteiger partial charge in [0.2, 0.25) is 10.0 Å². The third-order valence-electron chi connectivity index (χ3n) is 3.00. The first-order chi connectivity index (χ1) is 7.87. The molecule has 1 radical (unpaired) electrons. The fourth-order valence-electron chi connectivity index (χ4n) is 1.91. The van der Waals surface area contributed by atoms with Crippen molar-refractivity contribution in [2.75, 3.05) is 12.3 Å². The first-order valence-corrected chi connectivity index (χ1v) is 7.73. The van der Waals surface area contributed by atoms with Crippen LogP contribution in [0.15, 0.2) is 0 Å². The van der Waals surface area contributed by atoms with Gasteiger partial charge in [0, 0.05) is 13.0 Å². The monoisotopic (exact) mass is 264 g/mol. The largest absolute Gasteiger partial charge is 0.393 e. The van der Waals surface area contributed by atoms with Crippen LogP contribution in [0.5, 0.6) is 0 Å². The molecule has 6 heteroatoms. The van der Waals surface area contributed by atoms with Crippen molar-refractivity contribution in [1.29, 1.82) is 0 Å². The van der Waals surface area contributed by atoms with Gasteiger partial charge in [-0.2, -0.15) is 0 Å². The second-order valence-electron chi connectivity index (χ2n) is 4.78. The second-order valence-corrected chi connectivity index (χ2v) is 6.71. The Kier molecular flexibility index (Phi) is 5.37. The Morgan fingerprint density at radius 2 is 2.18 bits per heavy atom. The molecule has 101 valence electrons. The van der Waals surface area contributed by atoms with Gasteiger partial charge in [-0.15, -0.1) is 0 Å². The fraction of sp³-hybridized carbons (Fsp3) is 0.909. The number of sulfonamides is 1. The molecule has 0 aliphatic heterocycles. The highest BCUT2D eigenvalue weighted by molar-refractivity contribution is 7.89. The number of aliphatic hydroxyl groups excluding tert-OH is 1. The fourth-order valence-corrected chi connectivity index (χ4v) is 3.13. The zero-order chi connectivity index (χ0) is 12.9. The van der Waals surface area contributed by atoms with Crippen molar-refractivity contribution < 1.29 is 18.6 Å². The summed E-state index contributed by atoms with van der Waals surface area (Å²) in [7, 11) is -3.30. The van der Waals surface area contributed by atoms with Crippen molar-refractivity contribution in [2.24, 2.45) is 0 Å². The molecule has 5 nitrogen and oxygen atoms in total. The smallest absolute Gasteiger partial charge is 0.211 e. The molecule has 17 heavy (non-hydrogen) atoms. The summed E-state index contributed by atoms with van der Waals surface area (Å²) in [5.74, 6) is 0.100. The van der Waals surface area contributed by atoms with Crippen LogP contribution in [-0.4, -0.2) is 42.6 Å². The molecule has 0 amide bonds. The molecule has 1 rings (SSSR count). The SMILES string of the molecule is CCCCCS(=O)(=O)NCC1(O)C[CH]C(O)C1. The quantitative estimate of drug-likeness (QED) is 0.573. The first kappa shape index (κ1) is 14.9. The van der Waals surface area contributed by atoms with Crippen LogP contribution in [0.4, 0.5) is 0 Å². The summed E-state index contributed by atoms with van der Waals surface area (Å²) in [6.07, 6.45) is 3.99. The van der Waals surface area contributed by atoms with Crippen molar-refractivity contribution in [3.63, 3.8) is 0 Å². The van der Waals surface area contributed by atoms with Gasteiger partial charge in [0.1, 0.15) is 0 Å². The molecule has 0 aromatic rings. The van der Waals surface area contributed by atoms with E-state index in [-0.39, 0.29) is 18.7 Å². The number of unbranched alkanes of at least 4 members (excludes halogenated alkanes) is 2. The standard InChI is InChI=1S/C11H22NO4S/c1-2-3-4-7-17(15,16)12-9-11(14)6-5-10(13)8-11/h5,10,12-14H,2-4,6-9H2,1H3. The number of aliphatic hydroxyl groups is 2. The molecule has 1 aliphatic carbocycles. The van der Waals surface area contributed by atoms with Gasteiger partial charge in [-0.25, -0.2) is 13.1 Å². The number of hydrogen-bond acceptors (Lipinski definition) is 4. The Balaban J connectivity index is 2.34. The van der Waals surface area contributed by atoms with Crippen LogP contribution in [-0.2, 0) is 10.0 Å². The molecule has 2 unspecified atom stereocenters. The predicted molar refractivity (Wildman–Crippen MR) is 65.8 cm³/mol. The molecule has 1 aliphatic rings. The van der Waals surface area contributed by atoms with Gasteiger partial charge < -0.3 is 10.2 Å². The average molecular weight is 264 g/mol. The summed E-state index contributed by atoms with van der Waals surface area (Å²) in [6.45, 7) is 1.99. The van der Waals surface area contributed by atoms with E-state index < -0.39 is 21.7 Å². The molecule has 0 heterocycles. The van der Waals surface area contributed by atoms with E-state index in [1.807, 2.05) is 6.92 Å². The third-order valence-corrected chi connectivity index (χ3v) is 4.41. The van der Waals surface area contributed by atoms with E-state index in [0.717, 1.165) is 12.8 Å². The number of rotatable bonds is 7. The van der Waals surface area contributed by atoms with Crippen LogP contribution in [0.3, 0.4) is 0 Å². The van der Waals surface area contributed by atoms with Gasteiger partial charge in [-0.05, 0) is 19.3 Å². The van der Waals surface area contributed by atoms with Crippen molar-refractivity contribution in [1.82, 2.24) is 4.72 Å². The van der Waals surface area contributed by atoms with Gasteiger partial charge in [-0.3, -0.25) is 0 Å². The van der Waals surface area contributed by atoms with Gasteiger partial charge in [0.15, 0.2) is 0 Å². The molecule has 0 aromatic carbocycles. The molecular weight excluding hydrogens is 242 g/mol. The topological polar surface area (TPSA) is 86.6 Å². The molecule has 0 spiro atoms. The van der Waals surface area contributed by atoms with Gasteiger partial charge in [0.25, 0.3) is 0 Å². The maximum absolute atomic E-state index is 11.6. The van der Waals surface area contributed by atoms with E-state index in [1.54, 1.807) is 6.42 Å². The van der Waals surface area contributed by atoms with E-state index in [9.17, 15) is 18.6 Å². The van der Waals surface area contributed by atoms with Crippen LogP contribution in [0.25, 0.3) is 0 Å². The third kappa shape index (κ3) is 5.33. The summed E-state index contributed by atoms with van der Waals surface area (Å²) in [5.41, 5.74) is -1.13. The average Bonchev–Trinajstić information content (AvgIpc) is 2.57. The van der Waals surface area contributed by atoms with Crippen LogP contribution < -0.4 is 4.72 Å². The number of hydrogen-bond donors (Lipinski definition) is 3. The van der Waals surface area contributed by atoms with E-state index in [0.29, 0.717) is 12.8 Å². The van der Waals surface area contributed by atoms with Crippen molar-refractivity contribution >= 4 is 10.0 Å². The lowest BCUT2D eigenvalue weighted by molar-refractivity contribution is 0.0375. The zero-order valence-electron chi connectivity index (χ0n) is 10.2. The Morgan fingerprint density at radius 3 is 2.71 bits per heavy atom. The lowest BCUT2D eigenvalue weighted by Crippen LogP contribution is -2.42. The summed E-state index contributed by atoms with van der Waals surface area (Å²) >= 11 is 0.